The van der Waals surface area contributed by atoms with Crippen LogP contribution in [0.2, 0.25) is 5.02 Å². The van der Waals surface area contributed by atoms with Gasteiger partial charge in [-0.3, -0.25) is 0 Å². The first-order chi connectivity index (χ1) is 8.55. The number of aliphatic hydroxyl groups is 1. The number of ether oxygens (including phenoxy) is 1. The minimum Gasteiger partial charge on any atom is -0.390 e. The molecular formula is C14H20ClNO2. The summed E-state index contributed by atoms with van der Waals surface area (Å²) in [5.41, 5.74) is 0.368. The van der Waals surface area contributed by atoms with Crippen molar-refractivity contribution < 1.29 is 9.84 Å². The summed E-state index contributed by atoms with van der Waals surface area (Å²) < 4.78 is 5.40. The summed E-state index contributed by atoms with van der Waals surface area (Å²) >= 11 is 5.85. The summed E-state index contributed by atoms with van der Waals surface area (Å²) in [5, 5.41) is 14.5. The Labute approximate surface area is 113 Å². The van der Waals surface area contributed by atoms with Crippen molar-refractivity contribution in [2.75, 3.05) is 19.8 Å². The monoisotopic (exact) mass is 269 g/mol. The van der Waals surface area contributed by atoms with Gasteiger partial charge in [-0.1, -0.05) is 23.7 Å². The van der Waals surface area contributed by atoms with E-state index in [9.17, 15) is 5.11 Å². The summed E-state index contributed by atoms with van der Waals surface area (Å²) in [6.07, 6.45) is 1.32. The van der Waals surface area contributed by atoms with Crippen LogP contribution in [0.4, 0.5) is 0 Å². The van der Waals surface area contributed by atoms with Crippen LogP contribution in [0.1, 0.15) is 18.9 Å². The van der Waals surface area contributed by atoms with E-state index in [4.69, 9.17) is 16.3 Å². The Morgan fingerprint density at radius 3 is 2.78 bits per heavy atom. The van der Waals surface area contributed by atoms with Crippen molar-refractivity contribution in [3.8, 4) is 0 Å². The lowest BCUT2D eigenvalue weighted by Crippen LogP contribution is -2.46. The number of rotatable bonds is 4. The fourth-order valence-corrected chi connectivity index (χ4v) is 2.52. The summed E-state index contributed by atoms with van der Waals surface area (Å²) in [4.78, 5) is 0. The Morgan fingerprint density at radius 1 is 1.44 bits per heavy atom. The highest BCUT2D eigenvalue weighted by Gasteiger charge is 2.27. The average molecular weight is 270 g/mol. The first-order valence-corrected chi connectivity index (χ1v) is 6.71. The predicted octanol–water partition coefficient (Wildman–Crippen LogP) is 2.01. The van der Waals surface area contributed by atoms with Crippen molar-refractivity contribution in [3.05, 3.63) is 34.9 Å². The molecule has 2 N–H and O–H groups in total. The zero-order chi connectivity index (χ0) is 13.0. The average Bonchev–Trinajstić information content (AvgIpc) is 2.32. The first-order valence-electron chi connectivity index (χ1n) is 6.33. The molecule has 1 saturated heterocycles. The third-order valence-corrected chi connectivity index (χ3v) is 3.43. The molecule has 1 aromatic carbocycles. The summed E-state index contributed by atoms with van der Waals surface area (Å²) in [6.45, 7) is 4.17. The molecule has 0 aliphatic carbocycles. The van der Waals surface area contributed by atoms with Crippen LogP contribution in [0.3, 0.4) is 0 Å². The quantitative estimate of drug-likeness (QED) is 0.879. The van der Waals surface area contributed by atoms with Gasteiger partial charge < -0.3 is 15.2 Å². The Kier molecular flexibility index (Phi) is 4.62. The lowest BCUT2D eigenvalue weighted by atomic mass is 9.90. The maximum atomic E-state index is 10.5. The highest BCUT2D eigenvalue weighted by atomic mass is 35.5. The van der Waals surface area contributed by atoms with Gasteiger partial charge >= 0.3 is 0 Å². The smallest absolute Gasteiger partial charge is 0.0675 e. The molecule has 1 fully saturated rings. The van der Waals surface area contributed by atoms with E-state index in [0.717, 1.165) is 23.7 Å². The lowest BCUT2D eigenvalue weighted by Gasteiger charge is -2.31. The fourth-order valence-electron chi connectivity index (χ4n) is 2.40. The molecule has 0 aromatic heterocycles. The molecule has 2 atom stereocenters. The van der Waals surface area contributed by atoms with Gasteiger partial charge in [-0.05, 0) is 31.0 Å². The lowest BCUT2D eigenvalue weighted by molar-refractivity contribution is 0.00651. The highest BCUT2D eigenvalue weighted by molar-refractivity contribution is 6.30. The third-order valence-electron chi connectivity index (χ3n) is 3.18. The molecule has 0 saturated carbocycles. The number of benzene rings is 1. The van der Waals surface area contributed by atoms with E-state index in [1.54, 1.807) is 0 Å². The van der Waals surface area contributed by atoms with E-state index in [1.807, 2.05) is 31.2 Å². The molecular weight excluding hydrogens is 250 g/mol. The van der Waals surface area contributed by atoms with Crippen LogP contribution in [0, 0.1) is 0 Å². The largest absolute Gasteiger partial charge is 0.390 e. The Morgan fingerprint density at radius 2 is 2.17 bits per heavy atom. The summed E-state index contributed by atoms with van der Waals surface area (Å²) in [6, 6.07) is 7.87. The molecule has 4 heteroatoms. The van der Waals surface area contributed by atoms with Gasteiger partial charge in [0.2, 0.25) is 0 Å². The molecule has 18 heavy (non-hydrogen) atoms. The molecule has 0 amide bonds. The minimum absolute atomic E-state index is 0.237. The molecule has 2 unspecified atom stereocenters. The molecule has 0 radical (unpaired) electrons. The second-order valence-corrected chi connectivity index (χ2v) is 5.67. The maximum absolute atomic E-state index is 10.5. The van der Waals surface area contributed by atoms with Crippen LogP contribution in [-0.2, 0) is 11.2 Å². The van der Waals surface area contributed by atoms with Gasteiger partial charge in [0.15, 0.2) is 0 Å². The molecule has 1 aromatic rings. The molecule has 1 heterocycles. The van der Waals surface area contributed by atoms with Gasteiger partial charge in [-0.15, -0.1) is 0 Å². The van der Waals surface area contributed by atoms with Crippen molar-refractivity contribution in [2.24, 2.45) is 0 Å². The number of hydrogen-bond acceptors (Lipinski definition) is 3. The van der Waals surface area contributed by atoms with Gasteiger partial charge in [-0.2, -0.15) is 0 Å². The Bertz CT molecular complexity index is 372. The van der Waals surface area contributed by atoms with Gasteiger partial charge in [0.1, 0.15) is 0 Å². The molecule has 0 spiro atoms. The Hall–Kier alpha value is -0.610. The standard InChI is InChI=1S/C14H20ClNO2/c1-14(17,9-13-10-18-7-6-16-13)8-11-2-4-12(15)5-3-11/h2-5,13,16-17H,6-10H2,1H3. The molecule has 2 rings (SSSR count). The topological polar surface area (TPSA) is 41.5 Å². The highest BCUT2D eigenvalue weighted by Crippen LogP contribution is 2.21. The molecule has 3 nitrogen and oxygen atoms in total. The van der Waals surface area contributed by atoms with E-state index in [1.165, 1.54) is 0 Å². The molecule has 1 aliphatic rings. The SMILES string of the molecule is CC(O)(Cc1ccc(Cl)cc1)CC1COCCN1. The minimum atomic E-state index is -0.730. The van der Waals surface area contributed by atoms with Gasteiger partial charge in [0.05, 0.1) is 18.8 Å². The van der Waals surface area contributed by atoms with E-state index < -0.39 is 5.60 Å². The first kappa shape index (κ1) is 13.8. The summed E-state index contributed by atoms with van der Waals surface area (Å²) in [5.74, 6) is 0. The van der Waals surface area contributed by atoms with E-state index in [2.05, 4.69) is 5.32 Å². The van der Waals surface area contributed by atoms with Gasteiger partial charge in [0.25, 0.3) is 0 Å². The summed E-state index contributed by atoms with van der Waals surface area (Å²) in [7, 11) is 0. The van der Waals surface area contributed by atoms with Gasteiger partial charge in [-0.25, -0.2) is 0 Å². The maximum Gasteiger partial charge on any atom is 0.0675 e. The van der Waals surface area contributed by atoms with Crippen LogP contribution >= 0.6 is 11.6 Å². The number of morpholine rings is 1. The second kappa shape index (κ2) is 6.02. The zero-order valence-corrected chi connectivity index (χ0v) is 11.4. The van der Waals surface area contributed by atoms with Crippen LogP contribution in [0.25, 0.3) is 0 Å². The number of halogens is 1. The van der Waals surface area contributed by atoms with Gasteiger partial charge in [0, 0.05) is 24.0 Å². The normalized spacial score (nSPS) is 23.6. The third kappa shape index (κ3) is 4.25. The number of nitrogens with one attached hydrogen (secondary N) is 1. The van der Waals surface area contributed by atoms with Crippen molar-refractivity contribution >= 4 is 11.6 Å². The van der Waals surface area contributed by atoms with Crippen molar-refractivity contribution in [3.63, 3.8) is 0 Å². The van der Waals surface area contributed by atoms with Crippen molar-refractivity contribution in [1.29, 1.82) is 0 Å². The molecule has 1 aliphatic heterocycles. The van der Waals surface area contributed by atoms with Crippen molar-refractivity contribution in [2.45, 2.75) is 31.4 Å². The van der Waals surface area contributed by atoms with E-state index in [0.29, 0.717) is 19.4 Å². The van der Waals surface area contributed by atoms with Crippen LogP contribution < -0.4 is 5.32 Å². The predicted molar refractivity (Wildman–Crippen MR) is 73.0 cm³/mol. The zero-order valence-electron chi connectivity index (χ0n) is 10.7. The Balaban J connectivity index is 1.91. The second-order valence-electron chi connectivity index (χ2n) is 5.23. The van der Waals surface area contributed by atoms with Crippen LogP contribution in [0.5, 0.6) is 0 Å². The molecule has 100 valence electrons. The van der Waals surface area contributed by atoms with Crippen LogP contribution in [0.15, 0.2) is 24.3 Å². The van der Waals surface area contributed by atoms with Crippen LogP contribution in [-0.4, -0.2) is 36.5 Å². The van der Waals surface area contributed by atoms with E-state index >= 15 is 0 Å². The molecule has 0 bridgehead atoms. The van der Waals surface area contributed by atoms with Crippen molar-refractivity contribution in [1.82, 2.24) is 5.32 Å². The van der Waals surface area contributed by atoms with E-state index in [-0.39, 0.29) is 6.04 Å². The fraction of sp³-hybridized carbons (Fsp3) is 0.571. The number of hydrogen-bond donors (Lipinski definition) is 2.